The van der Waals surface area contributed by atoms with Gasteiger partial charge in [-0.05, 0) is 32.9 Å². The molecule has 1 aliphatic heterocycles. The van der Waals surface area contributed by atoms with Crippen LogP contribution in [0.1, 0.15) is 33.6 Å². The van der Waals surface area contributed by atoms with Crippen LogP contribution < -0.4 is 5.32 Å². The van der Waals surface area contributed by atoms with Gasteiger partial charge in [-0.3, -0.25) is 4.79 Å². The summed E-state index contributed by atoms with van der Waals surface area (Å²) in [6, 6.07) is -0.321. The van der Waals surface area contributed by atoms with Crippen LogP contribution in [0, 0.1) is 0 Å². The average molecular weight is 272 g/mol. The second kappa shape index (κ2) is 9.28. The summed E-state index contributed by atoms with van der Waals surface area (Å²) < 4.78 is 10.7. The number of ether oxygens (including phenoxy) is 2. The molecule has 0 aromatic carbocycles. The van der Waals surface area contributed by atoms with Crippen LogP contribution in [0.4, 0.5) is 0 Å². The topological polar surface area (TPSA) is 50.8 Å². The Balaban J connectivity index is 2.42. The van der Waals surface area contributed by atoms with Crippen molar-refractivity contribution in [1.82, 2.24) is 10.2 Å². The van der Waals surface area contributed by atoms with Crippen molar-refractivity contribution in [2.75, 3.05) is 39.4 Å². The maximum atomic E-state index is 12.0. The summed E-state index contributed by atoms with van der Waals surface area (Å²) in [5.74, 6) is -0.186. The number of hydrogen-bond donors (Lipinski definition) is 1. The molecule has 5 heteroatoms. The van der Waals surface area contributed by atoms with E-state index in [2.05, 4.69) is 24.1 Å². The van der Waals surface area contributed by atoms with Crippen LogP contribution in [0.5, 0.6) is 0 Å². The highest BCUT2D eigenvalue weighted by Crippen LogP contribution is 2.16. The third-order valence-corrected chi connectivity index (χ3v) is 3.56. The Bertz CT molecular complexity index is 251. The van der Waals surface area contributed by atoms with E-state index in [0.717, 1.165) is 45.6 Å². The monoisotopic (exact) mass is 272 g/mol. The number of esters is 1. The van der Waals surface area contributed by atoms with Crippen LogP contribution in [0.3, 0.4) is 0 Å². The summed E-state index contributed by atoms with van der Waals surface area (Å²) in [5.41, 5.74) is 0. The standard InChI is InChI=1S/C14H28N2O3/c1-4-16(5-2)10-9-15-13(14(17)18-6-3)12-8-7-11-19-12/h12-13,15H,4-11H2,1-3H3. The maximum Gasteiger partial charge on any atom is 0.325 e. The number of rotatable bonds is 9. The molecule has 0 bridgehead atoms. The van der Waals surface area contributed by atoms with Crippen molar-refractivity contribution < 1.29 is 14.3 Å². The lowest BCUT2D eigenvalue weighted by Crippen LogP contribution is -2.49. The summed E-state index contributed by atoms with van der Waals surface area (Å²) in [4.78, 5) is 14.3. The van der Waals surface area contributed by atoms with Gasteiger partial charge >= 0.3 is 5.97 Å². The Kier molecular flexibility index (Phi) is 8.02. The molecule has 1 fully saturated rings. The second-order valence-electron chi connectivity index (χ2n) is 4.76. The molecule has 1 aliphatic rings. The quantitative estimate of drug-likeness (QED) is 0.635. The fraction of sp³-hybridized carbons (Fsp3) is 0.929. The first kappa shape index (κ1) is 16.4. The molecule has 0 spiro atoms. The predicted molar refractivity (Wildman–Crippen MR) is 75.2 cm³/mol. The van der Waals surface area contributed by atoms with Gasteiger partial charge in [0.15, 0.2) is 0 Å². The van der Waals surface area contributed by atoms with Gasteiger partial charge in [-0.2, -0.15) is 0 Å². The molecule has 0 radical (unpaired) electrons. The SMILES string of the molecule is CCOC(=O)C(NCCN(CC)CC)C1CCCO1. The molecule has 0 aliphatic carbocycles. The highest BCUT2D eigenvalue weighted by atomic mass is 16.5. The highest BCUT2D eigenvalue weighted by Gasteiger charge is 2.32. The Morgan fingerprint density at radius 1 is 1.42 bits per heavy atom. The van der Waals surface area contributed by atoms with E-state index in [4.69, 9.17) is 9.47 Å². The Morgan fingerprint density at radius 2 is 2.16 bits per heavy atom. The first-order valence-electron chi connectivity index (χ1n) is 7.46. The van der Waals surface area contributed by atoms with Gasteiger partial charge in [-0.25, -0.2) is 0 Å². The molecule has 0 aromatic heterocycles. The molecule has 1 N–H and O–H groups in total. The zero-order valence-corrected chi connectivity index (χ0v) is 12.5. The lowest BCUT2D eigenvalue weighted by molar-refractivity contribution is -0.149. The lowest BCUT2D eigenvalue weighted by Gasteiger charge is -2.24. The number of nitrogens with one attached hydrogen (secondary N) is 1. The van der Waals surface area contributed by atoms with E-state index in [1.54, 1.807) is 0 Å². The molecule has 0 aromatic rings. The first-order chi connectivity index (χ1) is 9.22. The van der Waals surface area contributed by atoms with E-state index < -0.39 is 0 Å². The minimum atomic E-state index is -0.321. The van der Waals surface area contributed by atoms with E-state index in [1.807, 2.05) is 6.92 Å². The van der Waals surface area contributed by atoms with Crippen LogP contribution in [0.15, 0.2) is 0 Å². The molecule has 1 rings (SSSR count). The van der Waals surface area contributed by atoms with E-state index in [0.29, 0.717) is 6.61 Å². The molecule has 0 amide bonds. The fourth-order valence-electron chi connectivity index (χ4n) is 2.38. The van der Waals surface area contributed by atoms with Crippen LogP contribution in [-0.4, -0.2) is 62.4 Å². The van der Waals surface area contributed by atoms with Gasteiger partial charge in [-0.1, -0.05) is 13.8 Å². The van der Waals surface area contributed by atoms with Gasteiger partial charge < -0.3 is 19.7 Å². The maximum absolute atomic E-state index is 12.0. The minimum Gasteiger partial charge on any atom is -0.465 e. The number of nitrogens with zero attached hydrogens (tertiary/aromatic N) is 1. The molecule has 2 atom stereocenters. The van der Waals surface area contributed by atoms with Crippen molar-refractivity contribution in [2.24, 2.45) is 0 Å². The van der Waals surface area contributed by atoms with Crippen molar-refractivity contribution in [2.45, 2.75) is 45.8 Å². The molecule has 112 valence electrons. The molecule has 2 unspecified atom stereocenters. The summed E-state index contributed by atoms with van der Waals surface area (Å²) in [6.45, 7) is 11.1. The third kappa shape index (κ3) is 5.47. The van der Waals surface area contributed by atoms with Gasteiger partial charge in [0.25, 0.3) is 0 Å². The predicted octanol–water partition coefficient (Wildman–Crippen LogP) is 1.03. The molecule has 19 heavy (non-hydrogen) atoms. The van der Waals surface area contributed by atoms with Gasteiger partial charge in [-0.15, -0.1) is 0 Å². The number of carbonyl (C=O) groups is 1. The molecular formula is C14H28N2O3. The Morgan fingerprint density at radius 3 is 2.68 bits per heavy atom. The summed E-state index contributed by atoms with van der Waals surface area (Å²) in [6.07, 6.45) is 1.93. The normalized spacial score (nSPS) is 20.7. The van der Waals surface area contributed by atoms with Crippen molar-refractivity contribution in [3.8, 4) is 0 Å². The van der Waals surface area contributed by atoms with Crippen LogP contribution in [-0.2, 0) is 14.3 Å². The molecule has 0 saturated carbocycles. The largest absolute Gasteiger partial charge is 0.465 e. The Labute approximate surface area is 116 Å². The van der Waals surface area contributed by atoms with Crippen LogP contribution in [0.2, 0.25) is 0 Å². The van der Waals surface area contributed by atoms with Gasteiger partial charge in [0, 0.05) is 19.7 Å². The fourth-order valence-corrected chi connectivity index (χ4v) is 2.38. The summed E-state index contributed by atoms with van der Waals surface area (Å²) in [5, 5.41) is 3.30. The summed E-state index contributed by atoms with van der Waals surface area (Å²) >= 11 is 0. The molecule has 5 nitrogen and oxygen atoms in total. The van der Waals surface area contributed by atoms with E-state index in [9.17, 15) is 4.79 Å². The number of likely N-dealkylation sites (N-methyl/N-ethyl adjacent to an activating group) is 1. The molecule has 1 heterocycles. The first-order valence-corrected chi connectivity index (χ1v) is 7.46. The van der Waals surface area contributed by atoms with Crippen molar-refractivity contribution in [3.05, 3.63) is 0 Å². The van der Waals surface area contributed by atoms with E-state index in [-0.39, 0.29) is 18.1 Å². The van der Waals surface area contributed by atoms with E-state index in [1.165, 1.54) is 0 Å². The molecular weight excluding hydrogens is 244 g/mol. The summed E-state index contributed by atoms with van der Waals surface area (Å²) in [7, 11) is 0. The highest BCUT2D eigenvalue weighted by molar-refractivity contribution is 5.76. The molecule has 1 saturated heterocycles. The minimum absolute atomic E-state index is 0.0317. The average Bonchev–Trinajstić information content (AvgIpc) is 2.93. The zero-order valence-electron chi connectivity index (χ0n) is 12.5. The van der Waals surface area contributed by atoms with Crippen molar-refractivity contribution in [1.29, 1.82) is 0 Å². The number of carbonyl (C=O) groups excluding carboxylic acids is 1. The third-order valence-electron chi connectivity index (χ3n) is 3.56. The number of hydrogen-bond acceptors (Lipinski definition) is 5. The van der Waals surface area contributed by atoms with Gasteiger partial charge in [0.2, 0.25) is 0 Å². The van der Waals surface area contributed by atoms with Crippen molar-refractivity contribution >= 4 is 5.97 Å². The van der Waals surface area contributed by atoms with Crippen LogP contribution in [0.25, 0.3) is 0 Å². The van der Waals surface area contributed by atoms with E-state index >= 15 is 0 Å². The van der Waals surface area contributed by atoms with Crippen LogP contribution >= 0.6 is 0 Å². The van der Waals surface area contributed by atoms with Crippen molar-refractivity contribution in [3.63, 3.8) is 0 Å². The van der Waals surface area contributed by atoms with Gasteiger partial charge in [0.1, 0.15) is 6.04 Å². The zero-order chi connectivity index (χ0) is 14.1. The Hall–Kier alpha value is -0.650. The van der Waals surface area contributed by atoms with Gasteiger partial charge in [0.05, 0.1) is 12.7 Å². The lowest BCUT2D eigenvalue weighted by atomic mass is 10.1. The second-order valence-corrected chi connectivity index (χ2v) is 4.76. The smallest absolute Gasteiger partial charge is 0.325 e.